The fraction of sp³-hybridized carbons (Fsp3) is 0.118. The fourth-order valence-corrected chi connectivity index (χ4v) is 14.1. The average Bonchev–Trinajstić information content (AvgIpc) is 4.49. The lowest BCUT2D eigenvalue weighted by Crippen LogP contribution is -2.33. The van der Waals surface area contributed by atoms with Crippen LogP contribution in [0.2, 0.25) is 0 Å². The second-order valence-electron chi connectivity index (χ2n) is 21.0. The summed E-state index contributed by atoms with van der Waals surface area (Å²) in [7, 11) is 0. The summed E-state index contributed by atoms with van der Waals surface area (Å²) in [4.78, 5) is 7.72. The van der Waals surface area contributed by atoms with Crippen molar-refractivity contribution < 1.29 is 17.7 Å². The molecule has 0 radical (unpaired) electrons. The van der Waals surface area contributed by atoms with Gasteiger partial charge in [-0.1, -0.05) is 140 Å². The zero-order valence-corrected chi connectivity index (χ0v) is 41.3. The molecular formula is C68H47N3O4. The van der Waals surface area contributed by atoms with Crippen molar-refractivity contribution in [3.63, 3.8) is 0 Å². The molecule has 75 heavy (non-hydrogen) atoms. The van der Waals surface area contributed by atoms with Gasteiger partial charge in [-0.2, -0.15) is 0 Å². The van der Waals surface area contributed by atoms with E-state index < -0.39 is 0 Å². The molecule has 358 valence electrons. The molecule has 0 bridgehead atoms. The first-order valence-electron chi connectivity index (χ1n) is 26.3. The predicted octanol–water partition coefficient (Wildman–Crippen LogP) is 19.7. The Hall–Kier alpha value is -9.20. The second kappa shape index (κ2) is 15.2. The number of benzene rings is 10. The number of hydrogen-bond donors (Lipinski definition) is 0. The minimum atomic E-state index is 0.0697. The molecule has 6 heterocycles. The first-order valence-corrected chi connectivity index (χ1v) is 26.3. The van der Waals surface area contributed by atoms with Crippen molar-refractivity contribution in [2.24, 2.45) is 0 Å². The largest absolute Gasteiger partial charge is 0.454 e. The highest BCUT2D eigenvalue weighted by molar-refractivity contribution is 6.20. The minimum absolute atomic E-state index is 0.0697. The molecule has 1 saturated carbocycles. The van der Waals surface area contributed by atoms with Gasteiger partial charge in [0.05, 0.1) is 34.1 Å². The number of rotatable bonds is 6. The Morgan fingerprint density at radius 1 is 0.347 bits per heavy atom. The number of hydrogen-bond acceptors (Lipinski definition) is 7. The van der Waals surface area contributed by atoms with E-state index in [9.17, 15) is 0 Å². The molecule has 0 saturated heterocycles. The van der Waals surface area contributed by atoms with Crippen LogP contribution in [0.25, 0.3) is 87.8 Å². The molecule has 2 atom stereocenters. The number of furan rings is 4. The van der Waals surface area contributed by atoms with Gasteiger partial charge < -0.3 is 32.4 Å². The predicted molar refractivity (Wildman–Crippen MR) is 306 cm³/mol. The standard InChI is InChI=1S/C68H47N3O4/c1-38-18-3-9-28-50(38)69(52-30-16-24-44-40-20-5-11-32-56(40)72-65(44)52)54-36-48-42-22-7-13-34-58(42)74-67(48)63-60(54)46-26-15-27-47-61-55(37-49-43-23-8-14-35-59(43)75-68(49)64(61)71(63)62(46)47)70(51-29-10-4-19-39(51)2)53-31-17-25-45-41-21-6-12-33-57(41)73-66(45)53/h3-14,16-25,28-37,46-47,62H,15,26-27H2,1-2H3. The highest BCUT2D eigenvalue weighted by Crippen LogP contribution is 2.69. The minimum Gasteiger partial charge on any atom is -0.454 e. The van der Waals surface area contributed by atoms with E-state index in [1.54, 1.807) is 0 Å². The molecule has 0 amide bonds. The molecule has 10 aromatic carbocycles. The maximum absolute atomic E-state index is 7.29. The number of fused-ring (bicyclic) bond motifs is 20. The molecule has 2 aliphatic heterocycles. The molecule has 7 heteroatoms. The van der Waals surface area contributed by atoms with Gasteiger partial charge in [-0.3, -0.25) is 0 Å². The lowest BCUT2D eigenvalue weighted by molar-refractivity contribution is 0.371. The van der Waals surface area contributed by atoms with Crippen LogP contribution in [0.15, 0.2) is 212 Å². The van der Waals surface area contributed by atoms with Crippen molar-refractivity contribution in [3.05, 3.63) is 216 Å². The highest BCUT2D eigenvalue weighted by Gasteiger charge is 2.56. The molecule has 4 aromatic heterocycles. The summed E-state index contributed by atoms with van der Waals surface area (Å²) < 4.78 is 28.5. The summed E-state index contributed by atoms with van der Waals surface area (Å²) in [6, 6.07) is 69.7. The van der Waals surface area contributed by atoms with Gasteiger partial charge in [0.25, 0.3) is 0 Å². The van der Waals surface area contributed by atoms with Gasteiger partial charge in [-0.05, 0) is 98.5 Å². The summed E-state index contributed by atoms with van der Waals surface area (Å²) in [5.74, 6) is 0.274. The molecule has 3 aliphatic rings. The van der Waals surface area contributed by atoms with Crippen LogP contribution in [-0.4, -0.2) is 6.04 Å². The summed E-state index contributed by atoms with van der Waals surface area (Å²) >= 11 is 0. The Morgan fingerprint density at radius 2 is 0.693 bits per heavy atom. The third kappa shape index (κ3) is 5.54. The van der Waals surface area contributed by atoms with E-state index in [-0.39, 0.29) is 17.9 Å². The van der Waals surface area contributed by atoms with Gasteiger partial charge >= 0.3 is 0 Å². The van der Waals surface area contributed by atoms with E-state index in [1.165, 1.54) is 22.3 Å². The van der Waals surface area contributed by atoms with Crippen molar-refractivity contribution in [2.75, 3.05) is 14.7 Å². The Bertz CT molecular complexity index is 4450. The van der Waals surface area contributed by atoms with Crippen molar-refractivity contribution in [3.8, 4) is 0 Å². The monoisotopic (exact) mass is 969 g/mol. The normalized spacial score (nSPS) is 16.9. The number of para-hydroxylation sites is 8. The third-order valence-electron chi connectivity index (χ3n) is 17.1. The maximum atomic E-state index is 7.29. The van der Waals surface area contributed by atoms with Crippen LogP contribution in [0, 0.1) is 13.8 Å². The van der Waals surface area contributed by atoms with Crippen LogP contribution in [0.1, 0.15) is 53.4 Å². The van der Waals surface area contributed by atoms with Gasteiger partial charge in [0.1, 0.15) is 22.3 Å². The molecule has 0 N–H and O–H groups in total. The van der Waals surface area contributed by atoms with E-state index in [0.717, 1.165) is 153 Å². The van der Waals surface area contributed by atoms with Crippen LogP contribution >= 0.6 is 0 Å². The first kappa shape index (κ1) is 41.3. The van der Waals surface area contributed by atoms with E-state index in [0.29, 0.717) is 0 Å². The van der Waals surface area contributed by atoms with Gasteiger partial charge in [-0.15, -0.1) is 0 Å². The van der Waals surface area contributed by atoms with E-state index >= 15 is 0 Å². The molecule has 2 unspecified atom stereocenters. The maximum Gasteiger partial charge on any atom is 0.159 e. The van der Waals surface area contributed by atoms with Gasteiger partial charge in [0, 0.05) is 83.5 Å². The Balaban J connectivity index is 1.01. The number of anilines is 8. The summed E-state index contributed by atoms with van der Waals surface area (Å²) in [5.41, 5.74) is 20.7. The van der Waals surface area contributed by atoms with Crippen LogP contribution in [0.3, 0.4) is 0 Å². The van der Waals surface area contributed by atoms with Crippen LogP contribution in [0.5, 0.6) is 0 Å². The van der Waals surface area contributed by atoms with Crippen LogP contribution in [0.4, 0.5) is 45.5 Å². The van der Waals surface area contributed by atoms with E-state index in [4.69, 9.17) is 17.7 Å². The Kier molecular flexibility index (Phi) is 8.36. The molecule has 17 rings (SSSR count). The molecule has 14 aromatic rings. The van der Waals surface area contributed by atoms with Crippen molar-refractivity contribution >= 4 is 133 Å². The lowest BCUT2D eigenvalue weighted by atomic mass is 9.73. The Morgan fingerprint density at radius 3 is 1.12 bits per heavy atom. The summed E-state index contributed by atoms with van der Waals surface area (Å²) in [5, 5.41) is 8.73. The SMILES string of the molecule is Cc1ccccc1N(c1cc2c(oc3ccccc32)c2c1C1CCCC3c4c(N(c5ccccc5C)c5cccc6c5oc5ccccc56)cc5c(oc6ccccc65)c4N2C13)c1cccc2c1oc1ccccc12. The molecule has 1 aliphatic carbocycles. The topological polar surface area (TPSA) is 62.3 Å². The first-order chi connectivity index (χ1) is 37.1. The fourth-order valence-electron chi connectivity index (χ4n) is 14.1. The molecule has 7 nitrogen and oxygen atoms in total. The average molecular weight is 970 g/mol. The quantitative estimate of drug-likeness (QED) is 0.164. The molecule has 1 fully saturated rings. The van der Waals surface area contributed by atoms with E-state index in [2.05, 4.69) is 223 Å². The van der Waals surface area contributed by atoms with Gasteiger partial charge in [0.2, 0.25) is 0 Å². The lowest BCUT2D eigenvalue weighted by Gasteiger charge is -2.35. The zero-order chi connectivity index (χ0) is 49.2. The van der Waals surface area contributed by atoms with Crippen molar-refractivity contribution in [1.29, 1.82) is 0 Å². The number of nitrogens with zero attached hydrogens (tertiary/aromatic N) is 3. The summed E-state index contributed by atoms with van der Waals surface area (Å²) in [6.45, 7) is 4.45. The van der Waals surface area contributed by atoms with Crippen molar-refractivity contribution in [2.45, 2.75) is 51.0 Å². The van der Waals surface area contributed by atoms with Crippen LogP contribution in [-0.2, 0) is 0 Å². The third-order valence-corrected chi connectivity index (χ3v) is 17.1. The van der Waals surface area contributed by atoms with Crippen molar-refractivity contribution in [1.82, 2.24) is 0 Å². The van der Waals surface area contributed by atoms with Gasteiger partial charge in [0.15, 0.2) is 22.3 Å². The zero-order valence-electron chi connectivity index (χ0n) is 41.3. The van der Waals surface area contributed by atoms with Gasteiger partial charge in [-0.25, -0.2) is 0 Å². The highest BCUT2D eigenvalue weighted by atomic mass is 16.3. The molecule has 0 spiro atoms. The Labute approximate surface area is 431 Å². The smallest absolute Gasteiger partial charge is 0.159 e. The number of aryl methyl sites for hydroxylation is 2. The molecular weight excluding hydrogens is 923 g/mol. The summed E-state index contributed by atoms with van der Waals surface area (Å²) in [6.07, 6.45) is 3.10. The second-order valence-corrected chi connectivity index (χ2v) is 21.0. The van der Waals surface area contributed by atoms with Crippen LogP contribution < -0.4 is 14.7 Å². The van der Waals surface area contributed by atoms with E-state index in [1.807, 2.05) is 0 Å².